The van der Waals surface area contributed by atoms with Gasteiger partial charge in [0, 0.05) is 17.3 Å². The van der Waals surface area contributed by atoms with Gasteiger partial charge < -0.3 is 10.6 Å². The van der Waals surface area contributed by atoms with Crippen molar-refractivity contribution in [2.24, 2.45) is 0 Å². The van der Waals surface area contributed by atoms with Crippen LogP contribution < -0.4 is 10.6 Å². The van der Waals surface area contributed by atoms with Crippen LogP contribution in [0.3, 0.4) is 0 Å². The van der Waals surface area contributed by atoms with Gasteiger partial charge in [-0.2, -0.15) is 0 Å². The summed E-state index contributed by atoms with van der Waals surface area (Å²) in [5.74, 6) is -0.628. The van der Waals surface area contributed by atoms with Crippen LogP contribution in [0.2, 0.25) is 5.02 Å². The molecule has 2 amide bonds. The van der Waals surface area contributed by atoms with Crippen LogP contribution in [0.25, 0.3) is 0 Å². The van der Waals surface area contributed by atoms with Gasteiger partial charge in [-0.25, -0.2) is 0 Å². The molecule has 1 atom stereocenters. The second kappa shape index (κ2) is 8.75. The van der Waals surface area contributed by atoms with Gasteiger partial charge in [0.25, 0.3) is 11.8 Å². The van der Waals surface area contributed by atoms with Crippen molar-refractivity contribution in [3.05, 3.63) is 75.2 Å². The molecular formula is C19H17ClN4O2S. The summed E-state index contributed by atoms with van der Waals surface area (Å²) in [6.45, 7) is 2.49. The van der Waals surface area contributed by atoms with Crippen molar-refractivity contribution in [1.82, 2.24) is 15.5 Å². The van der Waals surface area contributed by atoms with Crippen LogP contribution in [-0.4, -0.2) is 28.6 Å². The summed E-state index contributed by atoms with van der Waals surface area (Å²) >= 11 is 6.84. The van der Waals surface area contributed by atoms with Crippen molar-refractivity contribution in [2.45, 2.75) is 12.8 Å². The van der Waals surface area contributed by atoms with Crippen LogP contribution in [0.4, 0.5) is 5.69 Å². The predicted molar refractivity (Wildman–Crippen MR) is 107 cm³/mol. The van der Waals surface area contributed by atoms with E-state index in [2.05, 4.69) is 20.8 Å². The third kappa shape index (κ3) is 5.12. The molecule has 2 aromatic carbocycles. The summed E-state index contributed by atoms with van der Waals surface area (Å²) in [6.07, 6.45) is 0. The molecule has 0 saturated heterocycles. The Morgan fingerprint density at radius 3 is 2.44 bits per heavy atom. The van der Waals surface area contributed by atoms with E-state index in [1.807, 2.05) is 37.3 Å². The molecule has 6 nitrogen and oxygen atoms in total. The van der Waals surface area contributed by atoms with Crippen LogP contribution in [0.1, 0.15) is 38.0 Å². The Bertz CT molecular complexity index is 946. The van der Waals surface area contributed by atoms with Gasteiger partial charge >= 0.3 is 0 Å². The maximum absolute atomic E-state index is 12.3. The number of benzene rings is 2. The average Bonchev–Trinajstić information content (AvgIpc) is 3.17. The number of nitrogens with zero attached hydrogens (tertiary/aromatic N) is 2. The SMILES string of the molecule is CC(CNC(=O)c1nnc(C(=O)Nc2cccc(Cl)c2)s1)c1ccccc1. The minimum absolute atomic E-state index is 0.108. The molecule has 0 fully saturated rings. The number of hydrogen-bond acceptors (Lipinski definition) is 5. The standard InChI is InChI=1S/C19H17ClN4O2S/c1-12(13-6-3-2-4-7-13)11-21-16(25)18-23-24-19(27-18)17(26)22-15-9-5-8-14(20)10-15/h2-10,12H,11H2,1H3,(H,21,25)(H,22,26). The molecule has 27 heavy (non-hydrogen) atoms. The Morgan fingerprint density at radius 1 is 1.04 bits per heavy atom. The zero-order valence-corrected chi connectivity index (χ0v) is 16.1. The Morgan fingerprint density at radius 2 is 1.74 bits per heavy atom. The quantitative estimate of drug-likeness (QED) is 0.655. The summed E-state index contributed by atoms with van der Waals surface area (Å²) in [5.41, 5.74) is 1.68. The van der Waals surface area contributed by atoms with Crippen LogP contribution in [0.5, 0.6) is 0 Å². The van der Waals surface area contributed by atoms with E-state index in [-0.39, 0.29) is 21.8 Å². The van der Waals surface area contributed by atoms with Gasteiger partial charge in [-0.15, -0.1) is 10.2 Å². The first kappa shape index (κ1) is 19.0. The Kier molecular flexibility index (Phi) is 6.16. The molecule has 0 aliphatic rings. The van der Waals surface area contributed by atoms with E-state index in [1.165, 1.54) is 0 Å². The van der Waals surface area contributed by atoms with E-state index in [4.69, 9.17) is 11.6 Å². The molecule has 3 rings (SSSR count). The number of carbonyl (C=O) groups is 2. The molecule has 8 heteroatoms. The summed E-state index contributed by atoms with van der Waals surface area (Å²) < 4.78 is 0. The lowest BCUT2D eigenvalue weighted by molar-refractivity contribution is 0.0949. The molecule has 0 radical (unpaired) electrons. The monoisotopic (exact) mass is 400 g/mol. The van der Waals surface area contributed by atoms with Crippen LogP contribution in [-0.2, 0) is 0 Å². The highest BCUT2D eigenvalue weighted by Gasteiger charge is 2.18. The highest BCUT2D eigenvalue weighted by Crippen LogP contribution is 2.18. The van der Waals surface area contributed by atoms with Crippen molar-refractivity contribution in [2.75, 3.05) is 11.9 Å². The number of nitrogens with one attached hydrogen (secondary N) is 2. The second-order valence-corrected chi connectivity index (χ2v) is 7.31. The lowest BCUT2D eigenvalue weighted by atomic mass is 10.0. The van der Waals surface area contributed by atoms with Gasteiger partial charge in [0.2, 0.25) is 10.0 Å². The molecule has 0 bridgehead atoms. The number of carbonyl (C=O) groups excluding carboxylic acids is 2. The number of aromatic nitrogens is 2. The van der Waals surface area contributed by atoms with Crippen molar-refractivity contribution in [3.8, 4) is 0 Å². The van der Waals surface area contributed by atoms with Crippen molar-refractivity contribution >= 4 is 40.4 Å². The smallest absolute Gasteiger partial charge is 0.286 e. The van der Waals surface area contributed by atoms with Gasteiger partial charge in [-0.05, 0) is 29.7 Å². The van der Waals surface area contributed by atoms with Crippen LogP contribution in [0, 0.1) is 0 Å². The van der Waals surface area contributed by atoms with Crippen LogP contribution in [0.15, 0.2) is 54.6 Å². The molecule has 0 spiro atoms. The zero-order valence-electron chi connectivity index (χ0n) is 14.5. The van der Waals surface area contributed by atoms with E-state index in [0.717, 1.165) is 16.9 Å². The lowest BCUT2D eigenvalue weighted by Crippen LogP contribution is -2.27. The average molecular weight is 401 g/mol. The van der Waals surface area contributed by atoms with E-state index < -0.39 is 5.91 Å². The van der Waals surface area contributed by atoms with Crippen LogP contribution >= 0.6 is 22.9 Å². The Labute approximate surface area is 165 Å². The second-order valence-electron chi connectivity index (χ2n) is 5.90. The van der Waals surface area contributed by atoms with Gasteiger partial charge in [0.1, 0.15) is 0 Å². The predicted octanol–water partition coefficient (Wildman–Crippen LogP) is 3.98. The highest BCUT2D eigenvalue weighted by molar-refractivity contribution is 7.15. The Hall–Kier alpha value is -2.77. The summed E-state index contributed by atoms with van der Waals surface area (Å²) in [7, 11) is 0. The van der Waals surface area contributed by atoms with Gasteiger partial charge in [0.15, 0.2) is 0 Å². The fourth-order valence-electron chi connectivity index (χ4n) is 2.38. The first-order valence-corrected chi connectivity index (χ1v) is 9.46. The minimum atomic E-state index is -0.438. The number of hydrogen-bond donors (Lipinski definition) is 2. The molecule has 2 N–H and O–H groups in total. The molecule has 1 unspecified atom stereocenters. The van der Waals surface area contributed by atoms with E-state index in [1.54, 1.807) is 24.3 Å². The molecule has 138 valence electrons. The fraction of sp³-hybridized carbons (Fsp3) is 0.158. The van der Waals surface area contributed by atoms with Gasteiger partial charge in [-0.1, -0.05) is 66.3 Å². The fourth-order valence-corrected chi connectivity index (χ4v) is 3.22. The van der Waals surface area contributed by atoms with E-state index in [0.29, 0.717) is 17.3 Å². The molecule has 0 aliphatic heterocycles. The summed E-state index contributed by atoms with van der Waals surface area (Å²) in [5, 5.41) is 13.9. The molecular weight excluding hydrogens is 384 g/mol. The van der Waals surface area contributed by atoms with E-state index in [9.17, 15) is 9.59 Å². The number of halogens is 1. The molecule has 3 aromatic rings. The molecule has 1 aromatic heterocycles. The maximum atomic E-state index is 12.3. The summed E-state index contributed by atoms with van der Waals surface area (Å²) in [6, 6.07) is 16.7. The number of rotatable bonds is 6. The largest absolute Gasteiger partial charge is 0.349 e. The normalized spacial score (nSPS) is 11.6. The minimum Gasteiger partial charge on any atom is -0.349 e. The number of amides is 2. The van der Waals surface area contributed by atoms with Crippen molar-refractivity contribution in [3.63, 3.8) is 0 Å². The van der Waals surface area contributed by atoms with Crippen molar-refractivity contribution in [1.29, 1.82) is 0 Å². The number of anilines is 1. The third-order valence-electron chi connectivity index (χ3n) is 3.83. The topological polar surface area (TPSA) is 84.0 Å². The van der Waals surface area contributed by atoms with E-state index >= 15 is 0 Å². The first-order chi connectivity index (χ1) is 13.0. The molecule has 0 aliphatic carbocycles. The highest BCUT2D eigenvalue weighted by atomic mass is 35.5. The maximum Gasteiger partial charge on any atom is 0.286 e. The lowest BCUT2D eigenvalue weighted by Gasteiger charge is -2.11. The zero-order chi connectivity index (χ0) is 19.2. The van der Waals surface area contributed by atoms with Gasteiger partial charge in [0.05, 0.1) is 0 Å². The van der Waals surface area contributed by atoms with Crippen molar-refractivity contribution < 1.29 is 9.59 Å². The first-order valence-electron chi connectivity index (χ1n) is 8.26. The third-order valence-corrected chi connectivity index (χ3v) is 4.99. The van der Waals surface area contributed by atoms with Gasteiger partial charge in [-0.3, -0.25) is 9.59 Å². The summed E-state index contributed by atoms with van der Waals surface area (Å²) in [4.78, 5) is 24.5. The molecule has 1 heterocycles. The Balaban J connectivity index is 1.58. The molecule has 0 saturated carbocycles.